The van der Waals surface area contributed by atoms with Crippen LogP contribution < -0.4 is 20.7 Å². The first-order chi connectivity index (χ1) is 49.0. The highest BCUT2D eigenvalue weighted by Gasteiger charge is 2.45. The van der Waals surface area contributed by atoms with Crippen LogP contribution in [0.25, 0.3) is 0 Å². The minimum absolute atomic E-state index is 0.00517. The zero-order valence-electron chi connectivity index (χ0n) is 65.6. The van der Waals surface area contributed by atoms with Gasteiger partial charge in [0.2, 0.25) is 35.4 Å². The van der Waals surface area contributed by atoms with Gasteiger partial charge in [-0.1, -0.05) is 126 Å². The molecule has 102 heavy (non-hydrogen) atoms. The molecule has 20 heteroatoms. The van der Waals surface area contributed by atoms with E-state index in [0.29, 0.717) is 141 Å². The van der Waals surface area contributed by atoms with E-state index in [2.05, 4.69) is 127 Å². The van der Waals surface area contributed by atoms with Crippen LogP contribution in [0.4, 0.5) is 0 Å². The van der Waals surface area contributed by atoms with Crippen molar-refractivity contribution in [3.05, 3.63) is 65.3 Å². The number of ether oxygens (including phenoxy) is 1. The molecule has 0 bridgehead atoms. The lowest BCUT2D eigenvalue weighted by Gasteiger charge is -2.43. The summed E-state index contributed by atoms with van der Waals surface area (Å²) in [7, 11) is 4.30. The molecular formula is C82H135N13O7. The van der Waals surface area contributed by atoms with Crippen molar-refractivity contribution in [1.29, 1.82) is 0 Å². The van der Waals surface area contributed by atoms with Crippen LogP contribution in [0.2, 0.25) is 0 Å². The molecule has 11 atom stereocenters. The van der Waals surface area contributed by atoms with Gasteiger partial charge in [-0.05, 0) is 169 Å². The Morgan fingerprint density at radius 3 is 1.49 bits per heavy atom. The van der Waals surface area contributed by atoms with Gasteiger partial charge in [-0.3, -0.25) is 28.8 Å². The van der Waals surface area contributed by atoms with Crippen LogP contribution in [0.15, 0.2) is 36.5 Å². The Balaban J connectivity index is 0.852. The van der Waals surface area contributed by atoms with E-state index in [-0.39, 0.29) is 77.2 Å². The zero-order chi connectivity index (χ0) is 73.3. The van der Waals surface area contributed by atoms with E-state index in [9.17, 15) is 14.4 Å². The highest BCUT2D eigenvalue weighted by molar-refractivity contribution is 5.92. The molecule has 0 spiro atoms. The quantitative estimate of drug-likeness (QED) is 0.0504. The van der Waals surface area contributed by atoms with Gasteiger partial charge in [0.15, 0.2) is 0 Å². The van der Waals surface area contributed by atoms with E-state index < -0.39 is 30.2 Å². The van der Waals surface area contributed by atoms with E-state index in [1.54, 1.807) is 0 Å². The second kappa shape index (κ2) is 38.4. The maximum absolute atomic E-state index is 15.5. The van der Waals surface area contributed by atoms with E-state index in [1.807, 2.05) is 61.0 Å². The van der Waals surface area contributed by atoms with Gasteiger partial charge in [-0.2, -0.15) is 0 Å². The fourth-order valence-corrected chi connectivity index (χ4v) is 17.8. The van der Waals surface area contributed by atoms with Crippen molar-refractivity contribution < 1.29 is 33.5 Å². The second-order valence-corrected chi connectivity index (χ2v) is 33.3. The molecule has 0 saturated carbocycles. The Kier molecular flexibility index (Phi) is 30.2. The van der Waals surface area contributed by atoms with E-state index in [1.165, 1.54) is 17.1 Å². The molecule has 6 fully saturated rings. The zero-order valence-corrected chi connectivity index (χ0v) is 65.6. The molecular weight excluding hydrogens is 1280 g/mol. The fraction of sp³-hybridized carbons (Fsp3) is 0.780. The topological polar surface area (TPSA) is 203 Å². The normalized spacial score (nSPS) is 22.7. The van der Waals surface area contributed by atoms with Crippen molar-refractivity contribution in [2.24, 2.45) is 67.4 Å². The molecule has 570 valence electrons. The van der Waals surface area contributed by atoms with Crippen LogP contribution >= 0.6 is 0 Å². The Morgan fingerprint density at radius 1 is 0.510 bits per heavy atom. The van der Waals surface area contributed by atoms with Gasteiger partial charge < -0.3 is 59.2 Å². The first kappa shape index (κ1) is 80.2. The first-order valence-electron chi connectivity index (χ1n) is 40.7. The molecule has 20 nitrogen and oxygen atoms in total. The number of imidazole rings is 2. The summed E-state index contributed by atoms with van der Waals surface area (Å²) in [5.74, 6) is 5.20. The average Bonchev–Trinajstić information content (AvgIpc) is 0.973. The maximum atomic E-state index is 15.5. The number of rotatable bonds is 35. The summed E-state index contributed by atoms with van der Waals surface area (Å²) in [6, 6.07) is 6.94. The van der Waals surface area contributed by atoms with E-state index in [4.69, 9.17) is 14.7 Å². The van der Waals surface area contributed by atoms with E-state index >= 15 is 14.4 Å². The van der Waals surface area contributed by atoms with Crippen molar-refractivity contribution in [3.8, 4) is 5.75 Å². The summed E-state index contributed by atoms with van der Waals surface area (Å²) >= 11 is 0. The predicted octanol–water partition coefficient (Wildman–Crippen LogP) is 10.5. The Morgan fingerprint density at radius 2 is 0.980 bits per heavy atom. The molecule has 5 unspecified atom stereocenters. The van der Waals surface area contributed by atoms with Crippen molar-refractivity contribution >= 4 is 35.4 Å². The van der Waals surface area contributed by atoms with Crippen molar-refractivity contribution in [2.75, 3.05) is 78.5 Å². The number of piperidine rings is 3. The third kappa shape index (κ3) is 21.0. The largest absolute Gasteiger partial charge is 0.490 e. The van der Waals surface area contributed by atoms with Gasteiger partial charge >= 0.3 is 0 Å². The maximum Gasteiger partial charge on any atom is 0.245 e. The Hall–Kier alpha value is -5.86. The van der Waals surface area contributed by atoms with Crippen molar-refractivity contribution in [3.63, 3.8) is 0 Å². The number of benzene rings is 1. The van der Waals surface area contributed by atoms with Gasteiger partial charge in [0.1, 0.15) is 35.5 Å². The molecule has 6 amide bonds. The van der Waals surface area contributed by atoms with Gasteiger partial charge in [-0.25, -0.2) is 9.97 Å². The number of piperazine rings is 3. The smallest absolute Gasteiger partial charge is 0.245 e. The third-order valence-corrected chi connectivity index (χ3v) is 24.4. The minimum atomic E-state index is -0.632. The number of likely N-dealkylation sites (tertiary alicyclic amines) is 3. The molecule has 3 aromatic rings. The fourth-order valence-electron chi connectivity index (χ4n) is 17.8. The summed E-state index contributed by atoms with van der Waals surface area (Å²) in [6.45, 7) is 33.3. The van der Waals surface area contributed by atoms with Crippen LogP contribution in [-0.4, -0.2) is 205 Å². The van der Waals surface area contributed by atoms with Gasteiger partial charge in [0.05, 0.1) is 29.9 Å². The number of carbonyl (C=O) groups excluding carboxylic acids is 6. The third-order valence-electron chi connectivity index (χ3n) is 24.4. The molecule has 9 rings (SSSR count). The van der Waals surface area contributed by atoms with Crippen LogP contribution in [-0.2, 0) is 75.0 Å². The SMILES string of the molecule is CCCc1nc(CC2CCN(C(=O)[C@H](CC(C)CCC(C)C[C@@H]3NCCN([C@@H](CC(C)C)C(=O)N4CCC(C(C)Oc5ccccc5)CC4)C3=O)N3CCN[C@@H](CC(C)C(C)C[C@@H](C(=O)N4CCC(Cc5ncc(CCC)n5C)CC4)N4CCN[C@@H](CC(C)C)C4=O)C3=O)CC2)n(C)c1CCC. The summed E-state index contributed by atoms with van der Waals surface area (Å²) in [5.41, 5.74) is 3.84. The number of aryl methyl sites for hydroxylation is 2. The lowest BCUT2D eigenvalue weighted by atomic mass is 9.83. The highest BCUT2D eigenvalue weighted by Crippen LogP contribution is 2.34. The summed E-state index contributed by atoms with van der Waals surface area (Å²) < 4.78 is 10.9. The summed E-state index contributed by atoms with van der Waals surface area (Å²) in [6.07, 6.45) is 20.5. The molecule has 1 aromatic carbocycles. The number of carbonyl (C=O) groups is 6. The number of nitrogens with zero attached hydrogens (tertiary/aromatic N) is 10. The number of amides is 6. The average molecular weight is 1420 g/mol. The van der Waals surface area contributed by atoms with Crippen LogP contribution in [0.3, 0.4) is 0 Å². The summed E-state index contributed by atoms with van der Waals surface area (Å²) in [5, 5.41) is 10.7. The lowest BCUT2D eigenvalue weighted by Crippen LogP contribution is -2.63. The molecule has 0 aliphatic carbocycles. The lowest BCUT2D eigenvalue weighted by molar-refractivity contribution is -0.151. The molecule has 8 heterocycles. The van der Waals surface area contributed by atoms with E-state index in [0.717, 1.165) is 120 Å². The van der Waals surface area contributed by atoms with Gasteiger partial charge in [-0.15, -0.1) is 0 Å². The Labute approximate surface area is 614 Å². The van der Waals surface area contributed by atoms with Crippen LogP contribution in [0, 0.1) is 53.3 Å². The number of nitrogens with one attached hydrogen (secondary N) is 3. The second-order valence-electron chi connectivity index (χ2n) is 33.3. The number of hydrogen-bond acceptors (Lipinski definition) is 12. The number of para-hydroxylation sites is 1. The molecule has 6 aliphatic rings. The molecule has 0 radical (unpaired) electrons. The van der Waals surface area contributed by atoms with Gasteiger partial charge in [0, 0.05) is 123 Å². The van der Waals surface area contributed by atoms with Crippen LogP contribution in [0.5, 0.6) is 5.75 Å². The Bertz CT molecular complexity index is 3140. The predicted molar refractivity (Wildman–Crippen MR) is 405 cm³/mol. The standard InChI is InChI=1S/C82H135N13O7/c1-15-21-65-54-86-75(88(65)13)52-62-28-37-91(38-29-62)82(101)74(95-45-34-83-68(77(95)96)46-55(4)5)51-60(11)59(10)50-70-79(98)94(44-36-85-70)73(81(100)90-39-30-63(31-40-90)53-76-87-67(22-16-2)71(23-17-3)89(76)14)49-58(9)27-26-57(8)48-69-78(97)93(43-35-84-69)72(47-56(6)7)80(99)92-41-32-64(33-42-92)61(12)102-66-24-19-18-20-25-66/h18-20,24-25,54-64,68-70,72-74,83-85H,15-17,21-23,26-53H2,1-14H3/t57?,58?,59?,60?,61?,68-,69-,70-,72-,73-,74-/m0/s1. The molecule has 2 aromatic heterocycles. The van der Waals surface area contributed by atoms with Crippen LogP contribution in [0.1, 0.15) is 221 Å². The molecule has 6 aliphatic heterocycles. The minimum Gasteiger partial charge on any atom is -0.490 e. The molecule has 6 saturated heterocycles. The number of hydrogen-bond donors (Lipinski definition) is 3. The highest BCUT2D eigenvalue weighted by atomic mass is 16.5. The first-order valence-corrected chi connectivity index (χ1v) is 40.7. The summed E-state index contributed by atoms with van der Waals surface area (Å²) in [4.78, 5) is 112. The molecule has 3 N–H and O–H groups in total. The number of aromatic nitrogens is 4. The van der Waals surface area contributed by atoms with Crippen molar-refractivity contribution in [2.45, 2.75) is 267 Å². The van der Waals surface area contributed by atoms with Gasteiger partial charge in [0.25, 0.3) is 0 Å². The van der Waals surface area contributed by atoms with Crippen molar-refractivity contribution in [1.82, 2.24) is 64.5 Å². The monoisotopic (exact) mass is 1410 g/mol.